The van der Waals surface area contributed by atoms with Crippen LogP contribution in [0.4, 0.5) is 4.39 Å². The zero-order valence-electron chi connectivity index (χ0n) is 9.46. The van der Waals surface area contributed by atoms with E-state index in [0.29, 0.717) is 5.01 Å². The van der Waals surface area contributed by atoms with Gasteiger partial charge in [-0.2, -0.15) is 4.39 Å². The van der Waals surface area contributed by atoms with Crippen LogP contribution in [0.15, 0.2) is 23.7 Å². The van der Waals surface area contributed by atoms with Crippen molar-refractivity contribution in [3.05, 3.63) is 45.9 Å². The first kappa shape index (κ1) is 13.1. The van der Waals surface area contributed by atoms with Gasteiger partial charge in [-0.05, 0) is 6.07 Å². The van der Waals surface area contributed by atoms with Gasteiger partial charge in [-0.25, -0.2) is 14.8 Å². The monoisotopic (exact) mass is 281 g/mol. The van der Waals surface area contributed by atoms with Crippen molar-refractivity contribution in [2.75, 3.05) is 0 Å². The lowest BCUT2D eigenvalue weighted by atomic mass is 10.2. The first-order valence-electron chi connectivity index (χ1n) is 5.13. The first-order chi connectivity index (χ1) is 9.06. The van der Waals surface area contributed by atoms with Gasteiger partial charge in [0.25, 0.3) is 5.91 Å². The van der Waals surface area contributed by atoms with E-state index in [9.17, 15) is 14.0 Å². The van der Waals surface area contributed by atoms with E-state index >= 15 is 0 Å². The minimum Gasteiger partial charge on any atom is -0.476 e. The number of hydrogen-bond acceptors (Lipinski definition) is 5. The second-order valence-corrected chi connectivity index (χ2v) is 4.42. The van der Waals surface area contributed by atoms with Crippen LogP contribution in [0.2, 0.25) is 0 Å². The second-order valence-electron chi connectivity index (χ2n) is 3.48. The van der Waals surface area contributed by atoms with Gasteiger partial charge in [-0.15, -0.1) is 11.3 Å². The highest BCUT2D eigenvalue weighted by atomic mass is 32.1. The molecule has 2 N–H and O–H groups in total. The summed E-state index contributed by atoms with van der Waals surface area (Å²) in [5, 5.41) is 13.1. The highest BCUT2D eigenvalue weighted by Gasteiger charge is 2.11. The zero-order valence-corrected chi connectivity index (χ0v) is 10.3. The topological polar surface area (TPSA) is 92.2 Å². The fraction of sp³-hybridized carbons (Fsp3) is 0.0909. The number of thiazole rings is 1. The Bertz CT molecular complexity index is 629. The number of carbonyl (C=O) groups is 2. The second kappa shape index (κ2) is 5.53. The Labute approximate surface area is 110 Å². The van der Waals surface area contributed by atoms with Crippen LogP contribution in [0, 0.1) is 5.95 Å². The summed E-state index contributed by atoms with van der Waals surface area (Å²) in [5.41, 5.74) is 0.0757. The maximum absolute atomic E-state index is 12.8. The molecule has 0 aromatic carbocycles. The van der Waals surface area contributed by atoms with Crippen LogP contribution in [0.25, 0.3) is 0 Å². The molecule has 0 spiro atoms. The van der Waals surface area contributed by atoms with Gasteiger partial charge in [0, 0.05) is 23.2 Å². The van der Waals surface area contributed by atoms with Gasteiger partial charge in [0.05, 0.1) is 6.54 Å². The van der Waals surface area contributed by atoms with Crippen molar-refractivity contribution in [1.82, 2.24) is 15.3 Å². The van der Waals surface area contributed by atoms with Gasteiger partial charge in [-0.1, -0.05) is 0 Å². The predicted molar refractivity (Wildman–Crippen MR) is 64.4 cm³/mol. The average molecular weight is 281 g/mol. The Hall–Kier alpha value is -2.35. The Morgan fingerprint density at radius 2 is 2.26 bits per heavy atom. The molecule has 0 saturated heterocycles. The van der Waals surface area contributed by atoms with E-state index < -0.39 is 17.8 Å². The first-order valence-corrected chi connectivity index (χ1v) is 6.01. The summed E-state index contributed by atoms with van der Waals surface area (Å²) in [7, 11) is 0. The van der Waals surface area contributed by atoms with E-state index in [1.165, 1.54) is 17.6 Å². The summed E-state index contributed by atoms with van der Waals surface area (Å²) in [6.45, 7) is 0.0840. The molecule has 6 nitrogen and oxygen atoms in total. The predicted octanol–water partition coefficient (Wildman–Crippen LogP) is 1.31. The molecule has 2 aromatic heterocycles. The lowest BCUT2D eigenvalue weighted by Crippen LogP contribution is -2.23. The van der Waals surface area contributed by atoms with E-state index in [-0.39, 0.29) is 17.8 Å². The SMILES string of the molecule is O=C(NCc1nc(C(=O)O)cs1)c1ccnc(F)c1. The van der Waals surface area contributed by atoms with E-state index in [0.717, 1.165) is 17.4 Å². The molecule has 2 aromatic rings. The molecule has 0 aliphatic heterocycles. The van der Waals surface area contributed by atoms with E-state index in [1.807, 2.05) is 0 Å². The van der Waals surface area contributed by atoms with Gasteiger partial charge >= 0.3 is 5.97 Å². The maximum Gasteiger partial charge on any atom is 0.355 e. The third-order valence-electron chi connectivity index (χ3n) is 2.16. The molecule has 1 amide bonds. The fourth-order valence-electron chi connectivity index (χ4n) is 1.29. The van der Waals surface area contributed by atoms with Crippen LogP contribution >= 0.6 is 11.3 Å². The summed E-state index contributed by atoms with van der Waals surface area (Å²) >= 11 is 1.13. The molecule has 2 heterocycles. The number of hydrogen-bond donors (Lipinski definition) is 2. The Morgan fingerprint density at radius 3 is 2.89 bits per heavy atom. The number of aromatic nitrogens is 2. The van der Waals surface area contributed by atoms with Crippen molar-refractivity contribution in [3.8, 4) is 0 Å². The summed E-state index contributed by atoms with van der Waals surface area (Å²) < 4.78 is 12.8. The molecule has 0 saturated carbocycles. The van der Waals surface area contributed by atoms with Crippen molar-refractivity contribution in [2.45, 2.75) is 6.54 Å². The Morgan fingerprint density at radius 1 is 1.47 bits per heavy atom. The summed E-state index contributed by atoms with van der Waals surface area (Å²) in [5.74, 6) is -2.34. The molecule has 8 heteroatoms. The van der Waals surface area contributed by atoms with Crippen LogP contribution in [-0.4, -0.2) is 27.0 Å². The van der Waals surface area contributed by atoms with Crippen LogP contribution in [0.1, 0.15) is 25.9 Å². The van der Waals surface area contributed by atoms with Gasteiger partial charge in [0.1, 0.15) is 5.01 Å². The number of carbonyl (C=O) groups excluding carboxylic acids is 1. The van der Waals surface area contributed by atoms with Crippen LogP contribution in [0.5, 0.6) is 0 Å². The number of nitrogens with one attached hydrogen (secondary N) is 1. The molecule has 0 fully saturated rings. The Balaban J connectivity index is 1.98. The summed E-state index contributed by atoms with van der Waals surface area (Å²) in [4.78, 5) is 29.4. The van der Waals surface area contributed by atoms with Gasteiger partial charge in [0.15, 0.2) is 5.69 Å². The number of carboxylic acids is 1. The minimum absolute atomic E-state index is 0.0656. The molecule has 0 radical (unpaired) electrons. The molecule has 0 aliphatic carbocycles. The molecule has 0 unspecified atom stereocenters. The van der Waals surface area contributed by atoms with E-state index in [2.05, 4.69) is 15.3 Å². The number of aromatic carboxylic acids is 1. The highest BCUT2D eigenvalue weighted by Crippen LogP contribution is 2.09. The lowest BCUT2D eigenvalue weighted by molar-refractivity contribution is 0.0691. The molecule has 19 heavy (non-hydrogen) atoms. The van der Waals surface area contributed by atoms with Gasteiger partial charge in [-0.3, -0.25) is 4.79 Å². The summed E-state index contributed by atoms with van der Waals surface area (Å²) in [6, 6.07) is 2.39. The number of rotatable bonds is 4. The quantitative estimate of drug-likeness (QED) is 0.824. The standard InChI is InChI=1S/C11H8FN3O3S/c12-8-3-6(1-2-13-8)10(16)14-4-9-15-7(5-19-9)11(17)18/h1-3,5H,4H2,(H,14,16)(H,17,18). The van der Waals surface area contributed by atoms with Crippen molar-refractivity contribution in [2.24, 2.45) is 0 Å². The Kier molecular flexibility index (Phi) is 3.81. The molecule has 0 atom stereocenters. The fourth-order valence-corrected chi connectivity index (χ4v) is 2.00. The number of halogens is 1. The lowest BCUT2D eigenvalue weighted by Gasteiger charge is -2.02. The minimum atomic E-state index is -1.12. The van der Waals surface area contributed by atoms with Crippen molar-refractivity contribution in [1.29, 1.82) is 0 Å². The number of nitrogens with zero attached hydrogens (tertiary/aromatic N) is 2. The molecular formula is C11H8FN3O3S. The number of amides is 1. The molecule has 98 valence electrons. The van der Waals surface area contributed by atoms with E-state index in [1.54, 1.807) is 0 Å². The van der Waals surface area contributed by atoms with Crippen LogP contribution in [0.3, 0.4) is 0 Å². The smallest absolute Gasteiger partial charge is 0.355 e. The largest absolute Gasteiger partial charge is 0.476 e. The number of pyridine rings is 1. The molecule has 2 rings (SSSR count). The van der Waals surface area contributed by atoms with E-state index in [4.69, 9.17) is 5.11 Å². The normalized spacial score (nSPS) is 10.2. The van der Waals surface area contributed by atoms with Crippen LogP contribution < -0.4 is 5.32 Å². The van der Waals surface area contributed by atoms with Gasteiger partial charge < -0.3 is 10.4 Å². The number of carboxylic acid groups (broad SMARTS) is 1. The highest BCUT2D eigenvalue weighted by molar-refractivity contribution is 7.09. The van der Waals surface area contributed by atoms with Crippen molar-refractivity contribution in [3.63, 3.8) is 0 Å². The third kappa shape index (κ3) is 3.32. The molecule has 0 aliphatic rings. The molecule has 0 bridgehead atoms. The van der Waals surface area contributed by atoms with Gasteiger partial charge in [0.2, 0.25) is 5.95 Å². The van der Waals surface area contributed by atoms with Crippen LogP contribution in [-0.2, 0) is 6.54 Å². The average Bonchev–Trinajstić information content (AvgIpc) is 2.85. The molecular weight excluding hydrogens is 273 g/mol. The summed E-state index contributed by atoms with van der Waals surface area (Å²) in [6.07, 6.45) is 1.19. The van der Waals surface area contributed by atoms with Crippen molar-refractivity contribution < 1.29 is 19.1 Å². The third-order valence-corrected chi connectivity index (χ3v) is 3.01. The van der Waals surface area contributed by atoms with Crippen molar-refractivity contribution >= 4 is 23.2 Å². The zero-order chi connectivity index (χ0) is 13.8. The maximum atomic E-state index is 12.8.